The fraction of sp³-hybridized carbons (Fsp3) is 0.818. The van der Waals surface area contributed by atoms with E-state index >= 15 is 0 Å². The van der Waals surface area contributed by atoms with Crippen LogP contribution in [0.15, 0.2) is 0 Å². The molecule has 0 aliphatic carbocycles. The van der Waals surface area contributed by atoms with Crippen LogP contribution in [0.3, 0.4) is 0 Å². The molecule has 1 saturated heterocycles. The van der Waals surface area contributed by atoms with E-state index in [9.17, 15) is 14.7 Å². The SMILES string of the molecule is COC(=O)C(C)(C)CNC(=O)C1CC(O)CN1. The van der Waals surface area contributed by atoms with Crippen molar-refractivity contribution in [1.82, 2.24) is 10.6 Å². The molecule has 0 bridgehead atoms. The smallest absolute Gasteiger partial charge is 0.313 e. The van der Waals surface area contributed by atoms with E-state index in [4.69, 9.17) is 0 Å². The summed E-state index contributed by atoms with van der Waals surface area (Å²) in [6.45, 7) is 4.05. The van der Waals surface area contributed by atoms with Crippen LogP contribution in [0.4, 0.5) is 0 Å². The van der Waals surface area contributed by atoms with E-state index in [1.807, 2.05) is 0 Å². The Hall–Kier alpha value is -1.14. The van der Waals surface area contributed by atoms with Crippen LogP contribution < -0.4 is 10.6 Å². The van der Waals surface area contributed by atoms with Gasteiger partial charge in [-0.05, 0) is 20.3 Å². The number of aliphatic hydroxyl groups excluding tert-OH is 1. The van der Waals surface area contributed by atoms with Crippen LogP contribution in [0.1, 0.15) is 20.3 Å². The monoisotopic (exact) mass is 244 g/mol. The largest absolute Gasteiger partial charge is 0.469 e. The number of methoxy groups -OCH3 is 1. The quantitative estimate of drug-likeness (QED) is 0.554. The van der Waals surface area contributed by atoms with Crippen molar-refractivity contribution < 1.29 is 19.4 Å². The molecule has 3 N–H and O–H groups in total. The van der Waals surface area contributed by atoms with Crippen molar-refractivity contribution in [2.24, 2.45) is 5.41 Å². The van der Waals surface area contributed by atoms with Gasteiger partial charge in [0.05, 0.1) is 24.7 Å². The summed E-state index contributed by atoms with van der Waals surface area (Å²) in [6.07, 6.45) is -0.0656. The van der Waals surface area contributed by atoms with Crippen molar-refractivity contribution in [3.05, 3.63) is 0 Å². The zero-order valence-electron chi connectivity index (χ0n) is 10.4. The van der Waals surface area contributed by atoms with Crippen LogP contribution in [-0.4, -0.2) is 49.3 Å². The molecule has 1 aliphatic heterocycles. The normalized spacial score (nSPS) is 24.5. The molecule has 98 valence electrons. The summed E-state index contributed by atoms with van der Waals surface area (Å²) in [4.78, 5) is 23.1. The number of β-amino-alcohol motifs (C(OH)–C–C–N with tert-alkyl or cyclic N) is 1. The molecular weight excluding hydrogens is 224 g/mol. The molecule has 1 rings (SSSR count). The average molecular weight is 244 g/mol. The van der Waals surface area contributed by atoms with Gasteiger partial charge in [0.15, 0.2) is 0 Å². The first-order valence-corrected chi connectivity index (χ1v) is 5.64. The van der Waals surface area contributed by atoms with Crippen molar-refractivity contribution in [2.45, 2.75) is 32.4 Å². The minimum absolute atomic E-state index is 0.196. The first-order chi connectivity index (χ1) is 7.86. The molecule has 17 heavy (non-hydrogen) atoms. The third kappa shape index (κ3) is 3.67. The second-order valence-electron chi connectivity index (χ2n) is 4.94. The maximum atomic E-state index is 11.7. The number of amides is 1. The molecule has 0 aromatic heterocycles. The highest BCUT2D eigenvalue weighted by atomic mass is 16.5. The highest BCUT2D eigenvalue weighted by Gasteiger charge is 2.32. The van der Waals surface area contributed by atoms with Crippen LogP contribution in [-0.2, 0) is 14.3 Å². The van der Waals surface area contributed by atoms with Crippen LogP contribution >= 0.6 is 0 Å². The summed E-state index contributed by atoms with van der Waals surface area (Å²) >= 11 is 0. The minimum atomic E-state index is -0.748. The van der Waals surface area contributed by atoms with Crippen molar-refractivity contribution in [3.63, 3.8) is 0 Å². The molecule has 0 spiro atoms. The minimum Gasteiger partial charge on any atom is -0.469 e. The van der Waals surface area contributed by atoms with E-state index in [1.165, 1.54) is 7.11 Å². The predicted molar refractivity (Wildman–Crippen MR) is 61.2 cm³/mol. The fourth-order valence-corrected chi connectivity index (χ4v) is 1.70. The molecule has 1 aliphatic rings. The van der Waals surface area contributed by atoms with Crippen LogP contribution in [0.25, 0.3) is 0 Å². The standard InChI is InChI=1S/C11H20N2O4/c1-11(2,10(16)17-3)6-13-9(15)8-4-7(14)5-12-8/h7-8,12,14H,4-6H2,1-3H3,(H,13,15). The molecule has 2 atom stereocenters. The molecule has 0 radical (unpaired) electrons. The molecule has 2 unspecified atom stereocenters. The second kappa shape index (κ2) is 5.46. The lowest BCUT2D eigenvalue weighted by atomic mass is 9.93. The van der Waals surface area contributed by atoms with E-state index in [-0.39, 0.29) is 24.5 Å². The van der Waals surface area contributed by atoms with E-state index in [0.717, 1.165) is 0 Å². The van der Waals surface area contributed by atoms with E-state index in [2.05, 4.69) is 15.4 Å². The number of ether oxygens (including phenoxy) is 1. The number of hydrogen-bond acceptors (Lipinski definition) is 5. The lowest BCUT2D eigenvalue weighted by Gasteiger charge is -2.22. The number of carbonyl (C=O) groups is 2. The number of carbonyl (C=O) groups excluding carboxylic acids is 2. The summed E-state index contributed by atoms with van der Waals surface area (Å²) in [5, 5.41) is 14.9. The van der Waals surface area contributed by atoms with E-state index in [1.54, 1.807) is 13.8 Å². The maximum Gasteiger partial charge on any atom is 0.313 e. The Labute approximate surface area is 101 Å². The third-order valence-corrected chi connectivity index (χ3v) is 2.87. The van der Waals surface area contributed by atoms with Gasteiger partial charge in [-0.25, -0.2) is 0 Å². The van der Waals surface area contributed by atoms with E-state index in [0.29, 0.717) is 13.0 Å². The number of esters is 1. The van der Waals surface area contributed by atoms with E-state index < -0.39 is 11.5 Å². The van der Waals surface area contributed by atoms with Gasteiger partial charge in [0.1, 0.15) is 0 Å². The topological polar surface area (TPSA) is 87.7 Å². The summed E-state index contributed by atoms with van der Waals surface area (Å²) < 4.78 is 4.64. The number of aliphatic hydroxyl groups is 1. The molecular formula is C11H20N2O4. The highest BCUT2D eigenvalue weighted by Crippen LogP contribution is 2.15. The first-order valence-electron chi connectivity index (χ1n) is 5.64. The fourth-order valence-electron chi connectivity index (χ4n) is 1.70. The lowest BCUT2D eigenvalue weighted by Crippen LogP contribution is -2.46. The summed E-state index contributed by atoms with van der Waals surface area (Å²) in [7, 11) is 1.32. The Morgan fingerprint density at radius 2 is 2.18 bits per heavy atom. The Bertz CT molecular complexity index is 304. The summed E-state index contributed by atoms with van der Waals surface area (Å²) in [6, 6.07) is -0.376. The van der Waals surface area contributed by atoms with Crippen molar-refractivity contribution in [1.29, 1.82) is 0 Å². The molecule has 0 aromatic carbocycles. The lowest BCUT2D eigenvalue weighted by molar-refractivity contribution is -0.150. The van der Waals surface area contributed by atoms with Crippen LogP contribution in [0, 0.1) is 5.41 Å². The molecule has 0 aromatic rings. The van der Waals surface area contributed by atoms with Crippen molar-refractivity contribution >= 4 is 11.9 Å². The van der Waals surface area contributed by atoms with Gasteiger partial charge in [-0.2, -0.15) is 0 Å². The molecule has 1 amide bonds. The Morgan fingerprint density at radius 3 is 2.65 bits per heavy atom. The summed E-state index contributed by atoms with van der Waals surface area (Å²) in [5.41, 5.74) is -0.748. The molecule has 6 heteroatoms. The summed E-state index contributed by atoms with van der Waals surface area (Å²) in [5.74, 6) is -0.559. The first kappa shape index (κ1) is 13.9. The van der Waals surface area contributed by atoms with Gasteiger partial charge in [0, 0.05) is 13.1 Å². The molecule has 0 saturated carbocycles. The zero-order valence-corrected chi connectivity index (χ0v) is 10.4. The molecule has 1 fully saturated rings. The Morgan fingerprint density at radius 1 is 1.53 bits per heavy atom. The second-order valence-corrected chi connectivity index (χ2v) is 4.94. The van der Waals surface area contributed by atoms with Crippen molar-refractivity contribution in [2.75, 3.05) is 20.2 Å². The maximum absolute atomic E-state index is 11.7. The van der Waals surface area contributed by atoms with Crippen LogP contribution in [0.2, 0.25) is 0 Å². The Balaban J connectivity index is 2.40. The number of nitrogens with one attached hydrogen (secondary N) is 2. The van der Waals surface area contributed by atoms with Gasteiger partial charge in [0.2, 0.25) is 5.91 Å². The van der Waals surface area contributed by atoms with Gasteiger partial charge in [0.25, 0.3) is 0 Å². The number of hydrogen-bond donors (Lipinski definition) is 3. The highest BCUT2D eigenvalue weighted by molar-refractivity contribution is 5.83. The van der Waals surface area contributed by atoms with Crippen molar-refractivity contribution in [3.8, 4) is 0 Å². The number of rotatable bonds is 4. The third-order valence-electron chi connectivity index (χ3n) is 2.87. The van der Waals surface area contributed by atoms with Gasteiger partial charge in [-0.15, -0.1) is 0 Å². The van der Waals surface area contributed by atoms with Crippen LogP contribution in [0.5, 0.6) is 0 Å². The van der Waals surface area contributed by atoms with Gasteiger partial charge in [-0.3, -0.25) is 9.59 Å². The Kier molecular flexibility index (Phi) is 4.47. The van der Waals surface area contributed by atoms with Gasteiger partial charge >= 0.3 is 5.97 Å². The molecule has 6 nitrogen and oxygen atoms in total. The van der Waals surface area contributed by atoms with Gasteiger partial charge < -0.3 is 20.5 Å². The predicted octanol–water partition coefficient (Wildman–Crippen LogP) is -0.975. The average Bonchev–Trinajstić information content (AvgIpc) is 2.71. The zero-order chi connectivity index (χ0) is 13.1. The molecule has 1 heterocycles. The van der Waals surface area contributed by atoms with Gasteiger partial charge in [-0.1, -0.05) is 0 Å².